The van der Waals surface area contributed by atoms with Gasteiger partial charge in [-0.15, -0.1) is 0 Å². The molecule has 2 aliphatic rings. The van der Waals surface area contributed by atoms with Gasteiger partial charge in [0, 0.05) is 12.1 Å². The summed E-state index contributed by atoms with van der Waals surface area (Å²) < 4.78 is 16.7. The Morgan fingerprint density at radius 2 is 2.00 bits per heavy atom. The lowest BCUT2D eigenvalue weighted by Gasteiger charge is -2.41. The fraction of sp³-hybridized carbons (Fsp3) is 0.381. The smallest absolute Gasteiger partial charge is 0.410 e. The van der Waals surface area contributed by atoms with Crippen molar-refractivity contribution in [1.29, 1.82) is 0 Å². The molecule has 5 heteroatoms. The van der Waals surface area contributed by atoms with Crippen molar-refractivity contribution >= 4 is 6.09 Å². The van der Waals surface area contributed by atoms with Gasteiger partial charge in [0.15, 0.2) is 11.5 Å². The molecular formula is C21H23NO4. The molecule has 1 atom stereocenters. The maximum absolute atomic E-state index is 12.5. The first kappa shape index (κ1) is 16.8. The topological polar surface area (TPSA) is 48.0 Å². The van der Waals surface area contributed by atoms with E-state index in [0.717, 1.165) is 35.5 Å². The summed E-state index contributed by atoms with van der Waals surface area (Å²) in [6, 6.07) is 10.3. The summed E-state index contributed by atoms with van der Waals surface area (Å²) in [6.45, 7) is 2.86. The number of hydrogen-bond acceptors (Lipinski definition) is 4. The molecule has 0 N–H and O–H groups in total. The van der Waals surface area contributed by atoms with Crippen molar-refractivity contribution in [3.8, 4) is 22.6 Å². The van der Waals surface area contributed by atoms with Crippen molar-refractivity contribution in [3.63, 3.8) is 0 Å². The Hall–Kier alpha value is -2.69. The number of carbonyl (C=O) groups excluding carboxylic acids is 1. The lowest BCUT2D eigenvalue weighted by atomic mass is 9.76. The summed E-state index contributed by atoms with van der Waals surface area (Å²) in [4.78, 5) is 14.4. The first-order valence-corrected chi connectivity index (χ1v) is 8.99. The van der Waals surface area contributed by atoms with E-state index in [9.17, 15) is 4.79 Å². The van der Waals surface area contributed by atoms with Gasteiger partial charge in [-0.1, -0.05) is 24.3 Å². The Labute approximate surface area is 153 Å². The van der Waals surface area contributed by atoms with E-state index in [-0.39, 0.29) is 12.1 Å². The normalized spacial score (nSPS) is 17.2. The summed E-state index contributed by atoms with van der Waals surface area (Å²) in [5, 5.41) is 0. The van der Waals surface area contributed by atoms with Crippen LogP contribution in [0.15, 0.2) is 30.3 Å². The van der Waals surface area contributed by atoms with Crippen LogP contribution in [0.5, 0.6) is 11.5 Å². The number of carbonyl (C=O) groups is 1. The van der Waals surface area contributed by atoms with E-state index >= 15 is 0 Å². The number of methoxy groups -OCH3 is 2. The highest BCUT2D eigenvalue weighted by Crippen LogP contribution is 2.52. The molecule has 1 aliphatic heterocycles. The van der Waals surface area contributed by atoms with Crippen LogP contribution in [0.2, 0.25) is 0 Å². The number of benzene rings is 2. The molecule has 0 saturated heterocycles. The van der Waals surface area contributed by atoms with Crippen LogP contribution in [0.4, 0.5) is 4.79 Å². The fourth-order valence-corrected chi connectivity index (χ4v) is 4.26. The van der Waals surface area contributed by atoms with Crippen LogP contribution in [0.3, 0.4) is 0 Å². The lowest BCUT2D eigenvalue weighted by molar-refractivity contribution is 0.0861. The van der Waals surface area contributed by atoms with E-state index in [4.69, 9.17) is 14.2 Å². The van der Waals surface area contributed by atoms with Crippen molar-refractivity contribution in [1.82, 2.24) is 4.90 Å². The van der Waals surface area contributed by atoms with Gasteiger partial charge in [-0.2, -0.15) is 0 Å². The molecule has 0 spiro atoms. The summed E-state index contributed by atoms with van der Waals surface area (Å²) in [5.41, 5.74) is 5.79. The molecule has 0 saturated carbocycles. The highest BCUT2D eigenvalue weighted by Gasteiger charge is 2.39. The van der Waals surface area contributed by atoms with Gasteiger partial charge in [0.2, 0.25) is 0 Å². The van der Waals surface area contributed by atoms with Crippen LogP contribution in [0, 0.1) is 0 Å². The first-order chi connectivity index (χ1) is 12.7. The highest BCUT2D eigenvalue weighted by molar-refractivity contribution is 5.84. The summed E-state index contributed by atoms with van der Waals surface area (Å²) >= 11 is 0. The van der Waals surface area contributed by atoms with E-state index in [1.165, 1.54) is 16.7 Å². The number of fused-ring (bicyclic) bond motifs is 2. The zero-order valence-electron chi connectivity index (χ0n) is 15.4. The average Bonchev–Trinajstić information content (AvgIpc) is 2.67. The van der Waals surface area contributed by atoms with E-state index < -0.39 is 0 Å². The Bertz CT molecular complexity index is 861. The van der Waals surface area contributed by atoms with Gasteiger partial charge in [0.1, 0.15) is 0 Å². The third-order valence-corrected chi connectivity index (χ3v) is 5.33. The molecule has 0 aromatic heterocycles. The molecule has 136 valence electrons. The fourth-order valence-electron chi connectivity index (χ4n) is 4.26. The zero-order valence-corrected chi connectivity index (χ0v) is 15.4. The molecule has 2 aromatic rings. The van der Waals surface area contributed by atoms with Crippen molar-refractivity contribution in [2.24, 2.45) is 0 Å². The molecule has 1 unspecified atom stereocenters. The minimum absolute atomic E-state index is 0.0393. The number of ether oxygens (including phenoxy) is 3. The third-order valence-electron chi connectivity index (χ3n) is 5.33. The monoisotopic (exact) mass is 353 g/mol. The maximum atomic E-state index is 12.5. The second-order valence-electron chi connectivity index (χ2n) is 6.58. The number of rotatable bonds is 3. The van der Waals surface area contributed by atoms with Gasteiger partial charge in [-0.3, -0.25) is 0 Å². The Morgan fingerprint density at radius 1 is 1.19 bits per heavy atom. The second-order valence-corrected chi connectivity index (χ2v) is 6.58. The van der Waals surface area contributed by atoms with E-state index in [2.05, 4.69) is 18.2 Å². The Balaban J connectivity index is 1.96. The molecule has 0 radical (unpaired) electrons. The predicted octanol–water partition coefficient (Wildman–Crippen LogP) is 3.98. The van der Waals surface area contributed by atoms with Gasteiger partial charge in [0.05, 0.1) is 26.9 Å². The molecular weight excluding hydrogens is 330 g/mol. The molecule has 2 aromatic carbocycles. The summed E-state index contributed by atoms with van der Waals surface area (Å²) in [7, 11) is 3.33. The number of hydrogen-bond donors (Lipinski definition) is 0. The predicted molar refractivity (Wildman–Crippen MR) is 98.9 cm³/mol. The van der Waals surface area contributed by atoms with Crippen LogP contribution in [-0.2, 0) is 17.6 Å². The SMILES string of the molecule is CCOC(=O)N1CCc2cc(OC)c(OC)c3c2C1Cc1ccccc1-3. The van der Waals surface area contributed by atoms with Crippen molar-refractivity contribution in [3.05, 3.63) is 47.0 Å². The van der Waals surface area contributed by atoms with Crippen LogP contribution < -0.4 is 9.47 Å². The number of nitrogens with zero attached hydrogens (tertiary/aromatic N) is 1. The number of amides is 1. The minimum atomic E-state index is -0.247. The van der Waals surface area contributed by atoms with Gasteiger partial charge >= 0.3 is 6.09 Å². The first-order valence-electron chi connectivity index (χ1n) is 8.99. The highest BCUT2D eigenvalue weighted by atomic mass is 16.6. The summed E-state index contributed by atoms with van der Waals surface area (Å²) in [5.74, 6) is 1.47. The van der Waals surface area contributed by atoms with Gasteiger partial charge in [0.25, 0.3) is 0 Å². The zero-order chi connectivity index (χ0) is 18.3. The standard InChI is InChI=1S/C21H23NO4/c1-4-26-21(23)22-10-9-14-12-17(24-2)20(25-3)19-15-8-6-5-7-13(15)11-16(22)18(14)19/h5-8,12,16H,4,9-11H2,1-3H3. The lowest BCUT2D eigenvalue weighted by Crippen LogP contribution is -2.42. The third kappa shape index (κ3) is 2.42. The molecule has 0 bridgehead atoms. The quantitative estimate of drug-likeness (QED) is 0.837. The molecule has 26 heavy (non-hydrogen) atoms. The van der Waals surface area contributed by atoms with Crippen molar-refractivity contribution in [2.75, 3.05) is 27.4 Å². The second kappa shape index (κ2) is 6.56. The minimum Gasteiger partial charge on any atom is -0.493 e. The van der Waals surface area contributed by atoms with Gasteiger partial charge in [-0.25, -0.2) is 4.79 Å². The van der Waals surface area contributed by atoms with Crippen LogP contribution in [-0.4, -0.2) is 38.4 Å². The molecule has 1 heterocycles. The summed E-state index contributed by atoms with van der Waals surface area (Å²) in [6.07, 6.45) is 1.31. The van der Waals surface area contributed by atoms with E-state index in [1.807, 2.05) is 24.0 Å². The molecule has 1 aliphatic carbocycles. The van der Waals surface area contributed by atoms with E-state index in [0.29, 0.717) is 13.2 Å². The molecule has 1 amide bonds. The molecule has 5 nitrogen and oxygen atoms in total. The van der Waals surface area contributed by atoms with E-state index in [1.54, 1.807) is 14.2 Å². The van der Waals surface area contributed by atoms with Crippen molar-refractivity contribution < 1.29 is 19.0 Å². The van der Waals surface area contributed by atoms with Crippen LogP contribution in [0.1, 0.15) is 29.7 Å². The van der Waals surface area contributed by atoms with Crippen LogP contribution in [0.25, 0.3) is 11.1 Å². The maximum Gasteiger partial charge on any atom is 0.410 e. The average molecular weight is 353 g/mol. The largest absolute Gasteiger partial charge is 0.493 e. The Kier molecular flexibility index (Phi) is 4.23. The van der Waals surface area contributed by atoms with Crippen molar-refractivity contribution in [2.45, 2.75) is 25.8 Å². The molecule has 0 fully saturated rings. The van der Waals surface area contributed by atoms with Gasteiger partial charge < -0.3 is 19.1 Å². The Morgan fingerprint density at radius 3 is 2.73 bits per heavy atom. The molecule has 4 rings (SSSR count). The van der Waals surface area contributed by atoms with Crippen LogP contribution >= 0.6 is 0 Å². The van der Waals surface area contributed by atoms with Gasteiger partial charge in [-0.05, 0) is 48.1 Å².